The molecule has 0 aliphatic carbocycles. The Balaban J connectivity index is 0.000000129. The van der Waals surface area contributed by atoms with Crippen molar-refractivity contribution in [3.05, 3.63) is 545 Å². The fraction of sp³-hybridized carbons (Fsp3) is 0.104. The molecule has 0 atom stereocenters. The fourth-order valence-corrected chi connectivity index (χ4v) is 23.4. The normalized spacial score (nSPS) is 12.6. The number of nitrogens with zero attached hydrogens (tertiary/aromatic N) is 9. The lowest BCUT2D eigenvalue weighted by Gasteiger charge is -2.42. The summed E-state index contributed by atoms with van der Waals surface area (Å²) in [6.45, 7) is 22.7. The zero-order valence-electron chi connectivity index (χ0n) is 85.0. The van der Waals surface area contributed by atoms with E-state index in [1.54, 1.807) is 95.2 Å². The number of thiophene rings is 3. The summed E-state index contributed by atoms with van der Waals surface area (Å²) in [6.07, 6.45) is 6.67. The number of rotatable bonds is 21. The zero-order valence-corrected chi connectivity index (χ0v) is 87.4. The van der Waals surface area contributed by atoms with Gasteiger partial charge in [0.1, 0.15) is 37.6 Å². The summed E-state index contributed by atoms with van der Waals surface area (Å²) in [5, 5.41) is 8.78. The third kappa shape index (κ3) is 19.3. The fourth-order valence-electron chi connectivity index (χ4n) is 20.4. The van der Waals surface area contributed by atoms with Gasteiger partial charge in [-0.3, -0.25) is 29.3 Å². The van der Waals surface area contributed by atoms with Crippen molar-refractivity contribution in [3.8, 4) is 32.7 Å². The number of aromatic nitrogens is 3. The predicted octanol–water partition coefficient (Wildman–Crippen LogP) is 36.8. The Morgan fingerprint density at radius 2 is 0.713 bits per heavy atom. The van der Waals surface area contributed by atoms with Gasteiger partial charge < -0.3 is 33.8 Å². The predicted molar refractivity (Wildman–Crippen MR) is 626 cm³/mol. The van der Waals surface area contributed by atoms with E-state index in [-0.39, 0.29) is 38.7 Å². The first kappa shape index (κ1) is 97.2. The SMILES string of the molecule is CC(C)(C)c1ccc(N(c2ccc(C(C)(C)C)cc2)c2csc(-c3ccc(C(=O)c4ccncc4)cc3)c2)cc1.CC1(C)c2ccccc2N(c2cc(-c3ccc4c(=O)c5ccccc5oc4c3)c(N3c4ccccc4C(C)(C)c4ccccc43)s2)c2ccccc21.O=C(c1ccccn1)c1ccc(-c2csc(N(c3ccc(N(c4ccccc4)c4ccccc4)cc3)c3ccc(N(c4ccccc4)c4ccccc4)cc3)c2)cn1. The quantitative estimate of drug-likeness (QED) is 0.0501. The first-order valence-corrected chi connectivity index (χ1v) is 53.1. The molecule has 2 aliphatic heterocycles. The number of benzene rings is 15. The number of anilines is 18. The van der Waals surface area contributed by atoms with Crippen LogP contribution in [-0.4, -0.2) is 26.5 Å². The number of ketones is 2. The minimum atomic E-state index is -0.201. The molecule has 16 heteroatoms. The molecule has 2 aliphatic rings. The van der Waals surface area contributed by atoms with Crippen molar-refractivity contribution in [2.24, 2.45) is 0 Å². The number of fused-ring (bicyclic) bond motifs is 6. The molecule has 0 N–H and O–H groups in total. The van der Waals surface area contributed by atoms with Crippen molar-refractivity contribution in [2.75, 3.05) is 29.4 Å². The molecule has 0 saturated heterocycles. The summed E-state index contributed by atoms with van der Waals surface area (Å²) in [7, 11) is 0. The van der Waals surface area contributed by atoms with Crippen molar-refractivity contribution in [1.29, 1.82) is 0 Å². The second-order valence-electron chi connectivity index (χ2n) is 40.7. The Morgan fingerprint density at radius 3 is 1.18 bits per heavy atom. The van der Waals surface area contributed by atoms with Gasteiger partial charge in [-0.05, 0) is 279 Å². The Kier molecular flexibility index (Phi) is 26.6. The summed E-state index contributed by atoms with van der Waals surface area (Å²) in [6, 6.07) is 153. The van der Waals surface area contributed by atoms with E-state index < -0.39 is 0 Å². The van der Waals surface area contributed by atoms with Gasteiger partial charge in [-0.25, -0.2) is 0 Å². The lowest BCUT2D eigenvalue weighted by molar-refractivity contribution is 0.102. The van der Waals surface area contributed by atoms with E-state index in [0.29, 0.717) is 44.5 Å². The van der Waals surface area contributed by atoms with E-state index in [2.05, 4.69) is 440 Å². The minimum absolute atomic E-state index is 0.00408. The van der Waals surface area contributed by atoms with Gasteiger partial charge in [-0.1, -0.05) is 305 Å². The Labute approximate surface area is 887 Å². The third-order valence-electron chi connectivity index (χ3n) is 28.3. The van der Waals surface area contributed by atoms with E-state index in [1.165, 1.54) is 56.1 Å². The van der Waals surface area contributed by atoms with Crippen LogP contribution in [0.2, 0.25) is 0 Å². The molecule has 22 aromatic rings. The molecule has 9 heterocycles. The second-order valence-corrected chi connectivity index (χ2v) is 43.5. The van der Waals surface area contributed by atoms with Crippen molar-refractivity contribution in [3.63, 3.8) is 0 Å². The third-order valence-corrected chi connectivity index (χ3v) is 31.3. The Hall–Kier alpha value is -17.5. The molecule has 0 fully saturated rings. The molecule has 15 aromatic carbocycles. The van der Waals surface area contributed by atoms with Crippen molar-refractivity contribution < 1.29 is 14.0 Å². The number of pyridine rings is 3. The first-order valence-electron chi connectivity index (χ1n) is 50.5. The minimum Gasteiger partial charge on any atom is -0.456 e. The zero-order chi connectivity index (χ0) is 103. The van der Waals surface area contributed by atoms with E-state index in [4.69, 9.17) is 4.42 Å². The van der Waals surface area contributed by atoms with Crippen LogP contribution < -0.4 is 34.8 Å². The molecular weight excluding hydrogens is 1900 g/mol. The van der Waals surface area contributed by atoms with Gasteiger partial charge in [0.25, 0.3) is 0 Å². The van der Waals surface area contributed by atoms with E-state index >= 15 is 0 Å². The molecular formula is C134H109N9O4S3. The van der Waals surface area contributed by atoms with Crippen molar-refractivity contribution in [2.45, 2.75) is 90.9 Å². The largest absolute Gasteiger partial charge is 0.456 e. The Bertz CT molecular complexity index is 8330. The molecule has 0 spiro atoms. The van der Waals surface area contributed by atoms with Crippen LogP contribution in [0.4, 0.5) is 100 Å². The summed E-state index contributed by atoms with van der Waals surface area (Å²) >= 11 is 5.16. The van der Waals surface area contributed by atoms with Gasteiger partial charge in [0.15, 0.2) is 5.78 Å². The molecule has 24 rings (SSSR count). The maximum Gasteiger partial charge on any atom is 0.229 e. The van der Waals surface area contributed by atoms with Crippen LogP contribution in [0.5, 0.6) is 0 Å². The molecule has 7 aromatic heterocycles. The molecule has 0 radical (unpaired) electrons. The maximum atomic E-state index is 13.6. The molecule has 150 heavy (non-hydrogen) atoms. The number of para-hydroxylation sites is 9. The molecule has 13 nitrogen and oxygen atoms in total. The van der Waals surface area contributed by atoms with Gasteiger partial charge >= 0.3 is 0 Å². The topological polar surface area (TPSA) is 122 Å². The highest BCUT2D eigenvalue weighted by atomic mass is 32.1. The molecule has 732 valence electrons. The number of carbonyl (C=O) groups is 2. The van der Waals surface area contributed by atoms with Crippen molar-refractivity contribution in [1.82, 2.24) is 15.0 Å². The van der Waals surface area contributed by atoms with Crippen molar-refractivity contribution >= 4 is 168 Å². The van der Waals surface area contributed by atoms with E-state index in [9.17, 15) is 14.4 Å². The van der Waals surface area contributed by atoms with Gasteiger partial charge in [0.05, 0.1) is 39.2 Å². The van der Waals surface area contributed by atoms with Crippen LogP contribution in [-0.2, 0) is 21.7 Å². The number of carbonyl (C=O) groups excluding carboxylic acids is 2. The molecule has 0 amide bonds. The highest BCUT2D eigenvalue weighted by Crippen LogP contribution is 2.61. The monoisotopic (exact) mass is 2000 g/mol. The van der Waals surface area contributed by atoms with Crippen LogP contribution in [0.3, 0.4) is 0 Å². The average molecular weight is 2010 g/mol. The van der Waals surface area contributed by atoms with Crippen LogP contribution in [0.25, 0.3) is 54.6 Å². The van der Waals surface area contributed by atoms with Gasteiger partial charge in [0, 0.05) is 130 Å². The van der Waals surface area contributed by atoms with E-state index in [0.717, 1.165) is 110 Å². The van der Waals surface area contributed by atoms with Gasteiger partial charge in [-0.2, -0.15) is 0 Å². The smallest absolute Gasteiger partial charge is 0.229 e. The highest BCUT2D eigenvalue weighted by Gasteiger charge is 2.42. The van der Waals surface area contributed by atoms with Crippen LogP contribution in [0, 0.1) is 0 Å². The second kappa shape index (κ2) is 41.1. The maximum absolute atomic E-state index is 13.6. The molecule has 0 bridgehead atoms. The first-order chi connectivity index (χ1) is 72.9. The average Bonchev–Trinajstić information content (AvgIpc) is 1.40. The highest BCUT2D eigenvalue weighted by molar-refractivity contribution is 7.21. The summed E-state index contributed by atoms with van der Waals surface area (Å²) in [4.78, 5) is 67.4. The molecule has 0 saturated carbocycles. The van der Waals surface area contributed by atoms with Crippen LogP contribution in [0.15, 0.2) is 488 Å². The lowest BCUT2D eigenvalue weighted by Crippen LogP contribution is -2.30. The standard InChI is InChI=1S/C51H37N5OS.C47H36N2O2S.C36H36N2OS/c57-51(48-23-13-14-34-52-48)49-33-24-38(36-53-49)39-35-50(58-37-39)56(46-29-25-44(26-30-46)54(40-15-5-1-6-16-40)41-17-7-2-8-18-41)47-31-27-45(28-32-47)55(42-19-9-3-10-20-42)43-21-11-4-12-22-43;1-46(2)33-16-6-10-20-37(33)48(38-21-11-7-17-34(38)46)43-28-32(29-25-26-31-42(27-29)51-41-24-14-5-15-30(41)44(31)50)45(52-43)49-39-22-12-8-18-35(39)47(3,4)36-19-9-13-23-40(36)49;1-35(2,3)28-11-15-30(16-12-28)38(31-17-13-29(14-18-31)36(4,5)6)32-23-33(40-24-32)25-7-9-26(10-8-25)34(39)27-19-21-37-22-20-27/h1-37H;5-28H,1-4H3;7-24H,1-6H3. The number of hydrogen-bond acceptors (Lipinski definition) is 16. The number of hydrogen-bond donors (Lipinski definition) is 0. The molecule has 0 unspecified atom stereocenters. The van der Waals surface area contributed by atoms with Gasteiger partial charge in [-0.15, -0.1) is 22.7 Å². The van der Waals surface area contributed by atoms with Crippen LogP contribution in [0.1, 0.15) is 135 Å². The van der Waals surface area contributed by atoms with Crippen LogP contribution >= 0.6 is 34.0 Å². The summed E-state index contributed by atoms with van der Waals surface area (Å²) in [5.41, 5.74) is 32.4. The lowest BCUT2D eigenvalue weighted by atomic mass is 9.73. The van der Waals surface area contributed by atoms with E-state index in [1.807, 2.05) is 91.0 Å². The van der Waals surface area contributed by atoms with Gasteiger partial charge in [0.2, 0.25) is 11.2 Å². The Morgan fingerprint density at radius 1 is 0.313 bits per heavy atom. The summed E-state index contributed by atoms with van der Waals surface area (Å²) < 4.78 is 6.43. The summed E-state index contributed by atoms with van der Waals surface area (Å²) in [5.74, 6) is -0.197.